The number of hydrogen-bond acceptors (Lipinski definition) is 8. The molecule has 0 aliphatic rings. The van der Waals surface area contributed by atoms with Gasteiger partial charge in [-0.05, 0) is 0 Å². The number of hydrogen-bond donors (Lipinski definition) is 5. The Balaban J connectivity index is 1.83. The lowest BCUT2D eigenvalue weighted by Gasteiger charge is -2.17. The van der Waals surface area contributed by atoms with Gasteiger partial charge >= 0.3 is 6.01 Å². The van der Waals surface area contributed by atoms with E-state index in [2.05, 4.69) is 15.5 Å². The smallest absolute Gasteiger partial charge is 0.316 e. The number of oxazole rings is 1. The van der Waals surface area contributed by atoms with Crippen LogP contribution in [0.3, 0.4) is 0 Å². The van der Waals surface area contributed by atoms with E-state index in [9.17, 15) is 15.3 Å². The summed E-state index contributed by atoms with van der Waals surface area (Å²) in [5, 5.41) is 41.3. The molecule has 8 nitrogen and oxygen atoms in total. The highest BCUT2D eigenvalue weighted by Crippen LogP contribution is 2.34. The third-order valence-electron chi connectivity index (χ3n) is 4.03. The molecule has 1 aromatic heterocycles. The SMILES string of the molecule is OC[C@@H](O)[C@@H](O)[C@H](O)/C=N/Nc1nc(-c2ccccc2)c(-c2ccccc2)o1. The molecule has 1 heterocycles. The van der Waals surface area contributed by atoms with Gasteiger partial charge in [-0.2, -0.15) is 10.1 Å². The number of aromatic nitrogens is 1. The van der Waals surface area contributed by atoms with Crippen LogP contribution in [0.2, 0.25) is 0 Å². The molecule has 0 bridgehead atoms. The number of rotatable bonds is 8. The molecule has 8 heteroatoms. The van der Waals surface area contributed by atoms with Gasteiger partial charge in [-0.1, -0.05) is 60.7 Å². The minimum absolute atomic E-state index is 0.0957. The molecular formula is C20H21N3O5. The van der Waals surface area contributed by atoms with Gasteiger partial charge in [0.2, 0.25) is 0 Å². The van der Waals surface area contributed by atoms with Crippen molar-refractivity contribution in [2.45, 2.75) is 18.3 Å². The van der Waals surface area contributed by atoms with Crippen LogP contribution in [0.25, 0.3) is 22.6 Å². The first-order valence-corrected chi connectivity index (χ1v) is 8.66. The van der Waals surface area contributed by atoms with Crippen LogP contribution in [0, 0.1) is 0 Å². The molecule has 0 amide bonds. The normalized spacial score (nSPS) is 14.7. The summed E-state index contributed by atoms with van der Waals surface area (Å²) in [6.45, 7) is -0.680. The van der Waals surface area contributed by atoms with Gasteiger partial charge in [0.1, 0.15) is 24.0 Å². The van der Waals surface area contributed by atoms with Crippen LogP contribution < -0.4 is 5.43 Å². The van der Waals surface area contributed by atoms with Crippen molar-refractivity contribution in [3.8, 4) is 22.6 Å². The maximum Gasteiger partial charge on any atom is 0.316 e. The second-order valence-electron chi connectivity index (χ2n) is 6.05. The van der Waals surface area contributed by atoms with E-state index in [-0.39, 0.29) is 6.01 Å². The second kappa shape index (κ2) is 9.25. The number of benzene rings is 2. The monoisotopic (exact) mass is 383 g/mol. The first-order valence-electron chi connectivity index (χ1n) is 8.66. The standard InChI is InChI=1S/C20H21N3O5/c24-12-16(26)18(27)15(25)11-21-23-20-22-17(13-7-3-1-4-8-13)19(28-20)14-9-5-2-6-10-14/h1-11,15-16,18,24-27H,12H2,(H,22,23)/b21-11+/t15-,16-,18+/m1/s1. The molecule has 0 spiro atoms. The van der Waals surface area contributed by atoms with Crippen molar-refractivity contribution in [2.75, 3.05) is 12.0 Å². The number of nitrogens with one attached hydrogen (secondary N) is 1. The number of aliphatic hydroxyl groups is 4. The molecule has 3 atom stereocenters. The molecular weight excluding hydrogens is 362 g/mol. The van der Waals surface area contributed by atoms with E-state index in [0.29, 0.717) is 11.5 Å². The minimum atomic E-state index is -1.57. The summed E-state index contributed by atoms with van der Waals surface area (Å²) < 4.78 is 5.80. The summed E-state index contributed by atoms with van der Waals surface area (Å²) in [4.78, 5) is 4.42. The van der Waals surface area contributed by atoms with E-state index in [4.69, 9.17) is 9.52 Å². The molecule has 28 heavy (non-hydrogen) atoms. The summed E-state index contributed by atoms with van der Waals surface area (Å²) in [7, 11) is 0. The van der Waals surface area contributed by atoms with Crippen LogP contribution in [0.1, 0.15) is 0 Å². The summed E-state index contributed by atoms with van der Waals surface area (Å²) in [5.41, 5.74) is 4.89. The third-order valence-corrected chi connectivity index (χ3v) is 4.03. The fourth-order valence-corrected chi connectivity index (χ4v) is 2.54. The molecule has 0 aliphatic carbocycles. The lowest BCUT2D eigenvalue weighted by molar-refractivity contribution is -0.0541. The summed E-state index contributed by atoms with van der Waals surface area (Å²) in [5.74, 6) is 0.556. The Bertz CT molecular complexity index is 842. The Hall–Kier alpha value is -3.04. The molecule has 3 rings (SSSR count). The fourth-order valence-electron chi connectivity index (χ4n) is 2.54. The van der Waals surface area contributed by atoms with Gasteiger partial charge in [0.25, 0.3) is 0 Å². The maximum atomic E-state index is 9.75. The predicted octanol–water partition coefficient (Wildman–Crippen LogP) is 1.48. The molecule has 3 aromatic rings. The number of hydrazone groups is 1. The van der Waals surface area contributed by atoms with E-state index >= 15 is 0 Å². The summed E-state index contributed by atoms with van der Waals surface area (Å²) in [6, 6.07) is 19.1. The lowest BCUT2D eigenvalue weighted by atomic mass is 10.1. The molecule has 0 radical (unpaired) electrons. The molecule has 0 saturated heterocycles. The van der Waals surface area contributed by atoms with Crippen LogP contribution in [0.5, 0.6) is 0 Å². The molecule has 0 fully saturated rings. The van der Waals surface area contributed by atoms with Gasteiger partial charge < -0.3 is 24.8 Å². The molecule has 2 aromatic carbocycles. The Morgan fingerprint density at radius 3 is 2.18 bits per heavy atom. The van der Waals surface area contributed by atoms with Crippen molar-refractivity contribution in [1.29, 1.82) is 0 Å². The fraction of sp³-hybridized carbons (Fsp3) is 0.200. The Kier molecular flexibility index (Phi) is 6.51. The van der Waals surface area contributed by atoms with Crippen molar-refractivity contribution in [2.24, 2.45) is 5.10 Å². The van der Waals surface area contributed by atoms with E-state index in [0.717, 1.165) is 17.3 Å². The van der Waals surface area contributed by atoms with Gasteiger partial charge in [0.05, 0.1) is 12.8 Å². The van der Waals surface area contributed by atoms with E-state index < -0.39 is 24.9 Å². The lowest BCUT2D eigenvalue weighted by Crippen LogP contribution is -2.40. The maximum absolute atomic E-state index is 9.75. The topological polar surface area (TPSA) is 131 Å². The van der Waals surface area contributed by atoms with Crippen molar-refractivity contribution < 1.29 is 24.8 Å². The van der Waals surface area contributed by atoms with Gasteiger partial charge in [-0.3, -0.25) is 0 Å². The second-order valence-corrected chi connectivity index (χ2v) is 6.05. The van der Waals surface area contributed by atoms with Crippen molar-refractivity contribution >= 4 is 12.2 Å². The largest absolute Gasteiger partial charge is 0.422 e. The Morgan fingerprint density at radius 2 is 1.57 bits per heavy atom. The molecule has 0 saturated carbocycles. The van der Waals surface area contributed by atoms with Crippen molar-refractivity contribution in [3.05, 3.63) is 60.7 Å². The van der Waals surface area contributed by atoms with Crippen LogP contribution in [0.15, 0.2) is 70.2 Å². The molecule has 5 N–H and O–H groups in total. The Labute approximate surface area is 161 Å². The highest BCUT2D eigenvalue weighted by atomic mass is 16.4. The first-order chi connectivity index (χ1) is 13.6. The van der Waals surface area contributed by atoms with E-state index in [1.54, 1.807) is 0 Å². The number of aliphatic hydroxyl groups excluding tert-OH is 4. The zero-order chi connectivity index (χ0) is 19.9. The average molecular weight is 383 g/mol. The Morgan fingerprint density at radius 1 is 0.964 bits per heavy atom. The van der Waals surface area contributed by atoms with E-state index in [1.807, 2.05) is 60.7 Å². The number of nitrogens with zero attached hydrogens (tertiary/aromatic N) is 2. The zero-order valence-electron chi connectivity index (χ0n) is 14.9. The first kappa shape index (κ1) is 19.7. The van der Waals surface area contributed by atoms with Crippen LogP contribution in [-0.4, -0.2) is 56.5 Å². The summed E-state index contributed by atoms with van der Waals surface area (Å²) >= 11 is 0. The molecule has 146 valence electrons. The van der Waals surface area contributed by atoms with Gasteiger partial charge in [-0.15, -0.1) is 0 Å². The van der Waals surface area contributed by atoms with Gasteiger partial charge in [-0.25, -0.2) is 5.43 Å². The molecule has 0 unspecified atom stereocenters. The summed E-state index contributed by atoms with van der Waals surface area (Å²) in [6.07, 6.45) is -3.54. The van der Waals surface area contributed by atoms with Crippen molar-refractivity contribution in [1.82, 2.24) is 4.98 Å². The van der Waals surface area contributed by atoms with Gasteiger partial charge in [0, 0.05) is 11.1 Å². The van der Waals surface area contributed by atoms with Crippen molar-refractivity contribution in [3.63, 3.8) is 0 Å². The van der Waals surface area contributed by atoms with Crippen LogP contribution >= 0.6 is 0 Å². The highest BCUT2D eigenvalue weighted by Gasteiger charge is 2.22. The zero-order valence-corrected chi connectivity index (χ0v) is 14.9. The van der Waals surface area contributed by atoms with Crippen LogP contribution in [-0.2, 0) is 0 Å². The quantitative estimate of drug-likeness (QED) is 0.294. The molecule has 0 aliphatic heterocycles. The number of anilines is 1. The minimum Gasteiger partial charge on any atom is -0.422 e. The van der Waals surface area contributed by atoms with Crippen LogP contribution in [0.4, 0.5) is 6.01 Å². The predicted molar refractivity (Wildman–Crippen MR) is 105 cm³/mol. The van der Waals surface area contributed by atoms with E-state index in [1.165, 1.54) is 0 Å². The average Bonchev–Trinajstić information content (AvgIpc) is 3.18. The third kappa shape index (κ3) is 4.62. The van der Waals surface area contributed by atoms with Gasteiger partial charge in [0.15, 0.2) is 5.76 Å². The highest BCUT2D eigenvalue weighted by molar-refractivity contribution is 5.78.